The first-order valence-electron chi connectivity index (χ1n) is 5.80. The Balaban J connectivity index is 2.71. The maximum absolute atomic E-state index is 13.5. The molecular formula is C13H20FNO. The molecule has 0 aliphatic rings. The summed E-state index contributed by atoms with van der Waals surface area (Å²) in [6.07, 6.45) is 2.09. The van der Waals surface area contributed by atoms with Crippen molar-refractivity contribution >= 4 is 0 Å². The Kier molecular flexibility index (Phi) is 5.43. The van der Waals surface area contributed by atoms with Crippen LogP contribution in [0, 0.1) is 5.82 Å². The van der Waals surface area contributed by atoms with Crippen molar-refractivity contribution in [1.82, 2.24) is 5.32 Å². The number of halogens is 1. The van der Waals surface area contributed by atoms with Crippen LogP contribution < -0.4 is 5.32 Å². The van der Waals surface area contributed by atoms with Crippen molar-refractivity contribution in [2.45, 2.75) is 38.8 Å². The normalized spacial score (nSPS) is 14.8. The summed E-state index contributed by atoms with van der Waals surface area (Å²) in [5, 5.41) is 12.5. The van der Waals surface area contributed by atoms with Gasteiger partial charge in [-0.1, -0.05) is 31.5 Å². The summed E-state index contributed by atoms with van der Waals surface area (Å²) in [7, 11) is 0. The average molecular weight is 225 g/mol. The molecule has 1 aromatic rings. The molecule has 1 rings (SSSR count). The van der Waals surface area contributed by atoms with Crippen LogP contribution in [0.4, 0.5) is 4.39 Å². The summed E-state index contributed by atoms with van der Waals surface area (Å²) in [4.78, 5) is 0. The lowest BCUT2D eigenvalue weighted by atomic mass is 10.0. The summed E-state index contributed by atoms with van der Waals surface area (Å²) in [6, 6.07) is 6.53. The number of nitrogens with one attached hydrogen (secondary N) is 1. The van der Waals surface area contributed by atoms with E-state index in [4.69, 9.17) is 0 Å². The van der Waals surface area contributed by atoms with Crippen molar-refractivity contribution in [1.29, 1.82) is 0 Å². The maximum Gasteiger partial charge on any atom is 0.128 e. The first kappa shape index (κ1) is 13.1. The van der Waals surface area contributed by atoms with E-state index in [1.807, 2.05) is 6.92 Å². The smallest absolute Gasteiger partial charge is 0.128 e. The van der Waals surface area contributed by atoms with Gasteiger partial charge in [-0.15, -0.1) is 0 Å². The van der Waals surface area contributed by atoms with Gasteiger partial charge in [-0.25, -0.2) is 4.39 Å². The molecule has 0 aliphatic carbocycles. The fraction of sp³-hybridized carbons (Fsp3) is 0.538. The lowest BCUT2D eigenvalue weighted by Gasteiger charge is -2.22. The van der Waals surface area contributed by atoms with Crippen molar-refractivity contribution in [3.8, 4) is 0 Å². The summed E-state index contributed by atoms with van der Waals surface area (Å²) < 4.78 is 13.5. The lowest BCUT2D eigenvalue weighted by Crippen LogP contribution is -2.33. The molecule has 0 bridgehead atoms. The van der Waals surface area contributed by atoms with Gasteiger partial charge in [-0.3, -0.25) is 0 Å². The first-order chi connectivity index (χ1) is 7.69. The summed E-state index contributed by atoms with van der Waals surface area (Å²) in [6.45, 7) is 4.07. The number of benzene rings is 1. The minimum absolute atomic E-state index is 0.0883. The molecule has 0 aliphatic heterocycles. The van der Waals surface area contributed by atoms with E-state index in [1.54, 1.807) is 18.2 Å². The number of hydrogen-bond donors (Lipinski definition) is 2. The molecule has 2 unspecified atom stereocenters. The van der Waals surface area contributed by atoms with Gasteiger partial charge in [0.15, 0.2) is 0 Å². The van der Waals surface area contributed by atoms with E-state index in [9.17, 15) is 9.50 Å². The van der Waals surface area contributed by atoms with E-state index in [-0.39, 0.29) is 24.5 Å². The molecule has 3 heteroatoms. The molecule has 2 nitrogen and oxygen atoms in total. The molecule has 2 atom stereocenters. The zero-order chi connectivity index (χ0) is 12.0. The van der Waals surface area contributed by atoms with E-state index in [0.29, 0.717) is 5.56 Å². The predicted molar refractivity (Wildman–Crippen MR) is 63.7 cm³/mol. The molecular weight excluding hydrogens is 205 g/mol. The second-order valence-corrected chi connectivity index (χ2v) is 4.11. The van der Waals surface area contributed by atoms with E-state index >= 15 is 0 Å². The van der Waals surface area contributed by atoms with Crippen molar-refractivity contribution in [3.05, 3.63) is 35.6 Å². The fourth-order valence-electron chi connectivity index (χ4n) is 1.86. The van der Waals surface area contributed by atoms with Crippen molar-refractivity contribution in [2.24, 2.45) is 0 Å². The molecule has 0 aromatic heterocycles. The Labute approximate surface area is 96.5 Å². The Hall–Kier alpha value is -0.930. The molecule has 0 heterocycles. The van der Waals surface area contributed by atoms with Gasteiger partial charge in [0.05, 0.1) is 12.6 Å². The largest absolute Gasteiger partial charge is 0.394 e. The van der Waals surface area contributed by atoms with Crippen molar-refractivity contribution in [3.63, 3.8) is 0 Å². The monoisotopic (exact) mass is 225 g/mol. The highest BCUT2D eigenvalue weighted by Gasteiger charge is 2.15. The molecule has 0 amide bonds. The zero-order valence-electron chi connectivity index (χ0n) is 9.91. The third-order valence-corrected chi connectivity index (χ3v) is 2.67. The minimum Gasteiger partial charge on any atom is -0.394 e. The van der Waals surface area contributed by atoms with Gasteiger partial charge in [0.1, 0.15) is 5.82 Å². The third kappa shape index (κ3) is 3.58. The number of aliphatic hydroxyl groups is 1. The Bertz CT molecular complexity index is 317. The van der Waals surface area contributed by atoms with E-state index in [1.165, 1.54) is 6.07 Å². The standard InChI is InChI=1S/C13H20FNO/c1-3-6-10(2)15-13(9-16)11-7-4-5-8-12(11)14/h4-5,7-8,10,13,15-16H,3,6,9H2,1-2H3. The molecule has 0 fully saturated rings. The third-order valence-electron chi connectivity index (χ3n) is 2.67. The molecule has 0 saturated carbocycles. The summed E-state index contributed by atoms with van der Waals surface area (Å²) in [5.74, 6) is -0.266. The fourth-order valence-corrected chi connectivity index (χ4v) is 1.86. The van der Waals surface area contributed by atoms with Crippen LogP contribution in [0.2, 0.25) is 0 Å². The van der Waals surface area contributed by atoms with Crippen LogP contribution in [-0.2, 0) is 0 Å². The lowest BCUT2D eigenvalue weighted by molar-refractivity contribution is 0.230. The van der Waals surface area contributed by atoms with Gasteiger partial charge in [0.2, 0.25) is 0 Å². The van der Waals surface area contributed by atoms with Gasteiger partial charge in [-0.05, 0) is 19.4 Å². The Morgan fingerprint density at radius 1 is 1.38 bits per heavy atom. The second kappa shape index (κ2) is 6.61. The van der Waals surface area contributed by atoms with Gasteiger partial charge in [0, 0.05) is 11.6 Å². The van der Waals surface area contributed by atoms with Gasteiger partial charge in [-0.2, -0.15) is 0 Å². The summed E-state index contributed by atoms with van der Waals surface area (Å²) >= 11 is 0. The number of aliphatic hydroxyl groups excluding tert-OH is 1. The second-order valence-electron chi connectivity index (χ2n) is 4.11. The first-order valence-corrected chi connectivity index (χ1v) is 5.80. The Morgan fingerprint density at radius 2 is 2.06 bits per heavy atom. The minimum atomic E-state index is -0.317. The summed E-state index contributed by atoms with van der Waals surface area (Å²) in [5.41, 5.74) is 0.535. The molecule has 0 saturated heterocycles. The van der Waals surface area contributed by atoms with Crippen molar-refractivity contribution in [2.75, 3.05) is 6.61 Å². The SMILES string of the molecule is CCCC(C)NC(CO)c1ccccc1F. The van der Waals surface area contributed by atoms with Crippen LogP contribution in [0.25, 0.3) is 0 Å². The zero-order valence-corrected chi connectivity index (χ0v) is 9.91. The Morgan fingerprint density at radius 3 is 2.62 bits per heavy atom. The van der Waals surface area contributed by atoms with Crippen LogP contribution in [-0.4, -0.2) is 17.8 Å². The molecule has 2 N–H and O–H groups in total. The van der Waals surface area contributed by atoms with Crippen LogP contribution in [0.1, 0.15) is 38.3 Å². The predicted octanol–water partition coefficient (Wildman–Crippen LogP) is 2.64. The molecule has 16 heavy (non-hydrogen) atoms. The molecule has 90 valence electrons. The number of hydrogen-bond acceptors (Lipinski definition) is 2. The van der Waals surface area contributed by atoms with Gasteiger partial charge >= 0.3 is 0 Å². The van der Waals surface area contributed by atoms with Crippen molar-refractivity contribution < 1.29 is 9.50 Å². The van der Waals surface area contributed by atoms with Crippen LogP contribution in [0.5, 0.6) is 0 Å². The maximum atomic E-state index is 13.5. The van der Waals surface area contributed by atoms with Gasteiger partial charge < -0.3 is 10.4 Å². The van der Waals surface area contributed by atoms with Crippen LogP contribution in [0.3, 0.4) is 0 Å². The average Bonchev–Trinajstić information content (AvgIpc) is 2.27. The van der Waals surface area contributed by atoms with Crippen LogP contribution in [0.15, 0.2) is 24.3 Å². The number of rotatable bonds is 6. The quantitative estimate of drug-likeness (QED) is 0.780. The molecule has 0 radical (unpaired) electrons. The molecule has 0 spiro atoms. The topological polar surface area (TPSA) is 32.3 Å². The van der Waals surface area contributed by atoms with E-state index < -0.39 is 0 Å². The highest BCUT2D eigenvalue weighted by atomic mass is 19.1. The van der Waals surface area contributed by atoms with E-state index in [2.05, 4.69) is 12.2 Å². The highest BCUT2D eigenvalue weighted by molar-refractivity contribution is 5.21. The van der Waals surface area contributed by atoms with E-state index in [0.717, 1.165) is 12.8 Å². The van der Waals surface area contributed by atoms with Crippen LogP contribution >= 0.6 is 0 Å². The molecule has 1 aromatic carbocycles. The van der Waals surface area contributed by atoms with Gasteiger partial charge in [0.25, 0.3) is 0 Å². The highest BCUT2D eigenvalue weighted by Crippen LogP contribution is 2.17.